The number of carbonyl (C=O) groups excluding carboxylic acids is 4. The van der Waals surface area contributed by atoms with Gasteiger partial charge in [0.05, 0.1) is 7.11 Å². The van der Waals surface area contributed by atoms with E-state index in [1.165, 1.54) is 0 Å². The van der Waals surface area contributed by atoms with Gasteiger partial charge in [0.25, 0.3) is 0 Å². The van der Waals surface area contributed by atoms with Crippen LogP contribution in [-0.2, 0) is 23.9 Å². The summed E-state index contributed by atoms with van der Waals surface area (Å²) in [6.07, 6.45) is -4.18. The molecule has 2 N–H and O–H groups in total. The Kier molecular flexibility index (Phi) is 11.3. The third kappa shape index (κ3) is 9.21. The highest BCUT2D eigenvalue weighted by Gasteiger charge is 2.40. The van der Waals surface area contributed by atoms with Crippen molar-refractivity contribution in [2.75, 3.05) is 13.7 Å². The van der Waals surface area contributed by atoms with Crippen molar-refractivity contribution in [3.8, 4) is 0 Å². The SMILES string of the molecule is COC(=O)[C@H](CCCCNC(=O)[C@H](N=[N+]=[N-])[C@H](C)CC=O)NC(=O)C(F)(F)F. The van der Waals surface area contributed by atoms with E-state index in [-0.39, 0.29) is 32.2 Å². The Balaban J connectivity index is 4.53. The number of ether oxygens (including phenoxy) is 1. The summed E-state index contributed by atoms with van der Waals surface area (Å²) in [6.45, 7) is 1.66. The molecule has 0 spiro atoms. The van der Waals surface area contributed by atoms with Crippen LogP contribution < -0.4 is 10.6 Å². The second-order valence-electron chi connectivity index (χ2n) is 5.86. The number of unbranched alkanes of at least 4 members (excludes halogenated alkanes) is 1. The van der Waals surface area contributed by atoms with Crippen LogP contribution in [0.1, 0.15) is 32.6 Å². The summed E-state index contributed by atoms with van der Waals surface area (Å²) in [4.78, 5) is 47.6. The Bertz CT molecular complexity index is 607. The lowest BCUT2D eigenvalue weighted by Gasteiger charge is -2.18. The molecule has 0 radical (unpaired) electrons. The lowest BCUT2D eigenvalue weighted by molar-refractivity contribution is -0.175. The van der Waals surface area contributed by atoms with E-state index >= 15 is 0 Å². The first-order valence-electron chi connectivity index (χ1n) is 8.29. The topological polar surface area (TPSA) is 150 Å². The average Bonchev–Trinajstić information content (AvgIpc) is 2.63. The number of halogens is 3. The van der Waals surface area contributed by atoms with Gasteiger partial charge in [-0.15, -0.1) is 0 Å². The van der Waals surface area contributed by atoms with Crippen molar-refractivity contribution in [2.45, 2.75) is 50.9 Å². The van der Waals surface area contributed by atoms with E-state index in [9.17, 15) is 32.3 Å². The molecule has 0 saturated heterocycles. The summed E-state index contributed by atoms with van der Waals surface area (Å²) in [5.74, 6) is -4.37. The van der Waals surface area contributed by atoms with Crippen LogP contribution in [0, 0.1) is 5.92 Å². The highest BCUT2D eigenvalue weighted by molar-refractivity contribution is 5.87. The smallest absolute Gasteiger partial charge is 0.467 e. The number of aldehydes is 1. The van der Waals surface area contributed by atoms with Gasteiger partial charge in [0.2, 0.25) is 5.91 Å². The fraction of sp³-hybridized carbons (Fsp3) is 0.733. The number of alkyl halides is 3. The number of carbonyl (C=O) groups is 4. The quantitative estimate of drug-likeness (QED) is 0.125. The Hall–Kier alpha value is -2.82. The van der Waals surface area contributed by atoms with Gasteiger partial charge in [0.1, 0.15) is 18.4 Å². The number of amides is 2. The van der Waals surface area contributed by atoms with Crippen LogP contribution in [0.15, 0.2) is 5.11 Å². The highest BCUT2D eigenvalue weighted by Crippen LogP contribution is 2.16. The van der Waals surface area contributed by atoms with Gasteiger partial charge >= 0.3 is 18.1 Å². The van der Waals surface area contributed by atoms with Gasteiger partial charge in [-0.2, -0.15) is 13.2 Å². The van der Waals surface area contributed by atoms with Crippen molar-refractivity contribution in [2.24, 2.45) is 11.0 Å². The van der Waals surface area contributed by atoms with Gasteiger partial charge in [-0.25, -0.2) is 4.79 Å². The van der Waals surface area contributed by atoms with Crippen molar-refractivity contribution >= 4 is 24.1 Å². The third-order valence-electron chi connectivity index (χ3n) is 3.72. The van der Waals surface area contributed by atoms with Crippen molar-refractivity contribution in [3.05, 3.63) is 10.4 Å². The van der Waals surface area contributed by atoms with Gasteiger partial charge in [0, 0.05) is 17.9 Å². The zero-order valence-electron chi connectivity index (χ0n) is 15.4. The molecule has 0 rings (SSSR count). The molecule has 0 heterocycles. The van der Waals surface area contributed by atoms with E-state index in [2.05, 4.69) is 20.1 Å². The molecular formula is C15H22F3N5O5. The summed E-state index contributed by atoms with van der Waals surface area (Å²) < 4.78 is 41.3. The van der Waals surface area contributed by atoms with Crippen molar-refractivity contribution in [1.29, 1.82) is 0 Å². The molecule has 0 fully saturated rings. The fourth-order valence-corrected chi connectivity index (χ4v) is 2.18. The Labute approximate surface area is 158 Å². The minimum Gasteiger partial charge on any atom is -0.467 e. The van der Waals surface area contributed by atoms with Crippen LogP contribution in [0.3, 0.4) is 0 Å². The summed E-state index contributed by atoms with van der Waals surface area (Å²) in [5, 5.41) is 7.40. The maximum Gasteiger partial charge on any atom is 0.471 e. The number of nitrogens with one attached hydrogen (secondary N) is 2. The molecular weight excluding hydrogens is 387 g/mol. The molecule has 0 saturated carbocycles. The minimum atomic E-state index is -5.13. The first-order chi connectivity index (χ1) is 13.1. The average molecular weight is 409 g/mol. The van der Waals surface area contributed by atoms with E-state index in [1.807, 2.05) is 0 Å². The summed E-state index contributed by atoms with van der Waals surface area (Å²) in [5.41, 5.74) is 8.51. The monoisotopic (exact) mass is 409 g/mol. The molecule has 2 amide bonds. The second-order valence-corrected chi connectivity index (χ2v) is 5.86. The maximum atomic E-state index is 12.3. The standard InChI is InChI=1S/C15H22F3N5O5/c1-9(6-8-24)11(22-23-19)12(25)20-7-4-3-5-10(13(26)28-2)21-14(27)15(16,17)18/h8-11H,3-7H2,1-2H3,(H,20,25)(H,21,27)/t9-,10+,11-/m1/s1. The predicted octanol–water partition coefficient (Wildman–Crippen LogP) is 1.40. The van der Waals surface area contributed by atoms with Crippen molar-refractivity contribution in [1.82, 2.24) is 10.6 Å². The summed E-state index contributed by atoms with van der Waals surface area (Å²) >= 11 is 0. The van der Waals surface area contributed by atoms with E-state index in [0.717, 1.165) is 7.11 Å². The predicted molar refractivity (Wildman–Crippen MR) is 89.6 cm³/mol. The Morgan fingerprint density at radius 3 is 2.43 bits per heavy atom. The van der Waals surface area contributed by atoms with E-state index < -0.39 is 42.0 Å². The van der Waals surface area contributed by atoms with Crippen molar-refractivity contribution < 1.29 is 37.1 Å². The first kappa shape index (κ1) is 25.2. The molecule has 28 heavy (non-hydrogen) atoms. The van der Waals surface area contributed by atoms with Crippen LogP contribution >= 0.6 is 0 Å². The molecule has 0 aromatic carbocycles. The number of nitrogens with zero attached hydrogens (tertiary/aromatic N) is 3. The van der Waals surface area contributed by atoms with Crippen molar-refractivity contribution in [3.63, 3.8) is 0 Å². The van der Waals surface area contributed by atoms with Gasteiger partial charge in [0.15, 0.2) is 0 Å². The molecule has 0 aliphatic carbocycles. The number of azide groups is 1. The molecule has 0 aliphatic rings. The van der Waals surface area contributed by atoms with Gasteiger partial charge in [-0.1, -0.05) is 12.0 Å². The molecule has 10 nitrogen and oxygen atoms in total. The first-order valence-corrected chi connectivity index (χ1v) is 8.29. The zero-order valence-corrected chi connectivity index (χ0v) is 15.4. The molecule has 0 aromatic heterocycles. The molecule has 0 bridgehead atoms. The molecule has 13 heteroatoms. The zero-order chi connectivity index (χ0) is 21.7. The van der Waals surface area contributed by atoms with Gasteiger partial charge in [-0.05, 0) is 30.7 Å². The number of rotatable bonds is 12. The lowest BCUT2D eigenvalue weighted by Crippen LogP contribution is -2.47. The van der Waals surface area contributed by atoms with Crippen LogP contribution in [0.4, 0.5) is 13.2 Å². The molecule has 3 atom stereocenters. The lowest BCUT2D eigenvalue weighted by atomic mass is 9.99. The number of hydrogen-bond acceptors (Lipinski definition) is 6. The normalized spacial score (nSPS) is 14.0. The van der Waals surface area contributed by atoms with Gasteiger partial charge in [-0.3, -0.25) is 9.59 Å². The van der Waals surface area contributed by atoms with E-state index in [1.54, 1.807) is 12.2 Å². The molecule has 158 valence electrons. The summed E-state index contributed by atoms with van der Waals surface area (Å²) in [7, 11) is 0.978. The largest absolute Gasteiger partial charge is 0.471 e. The van der Waals surface area contributed by atoms with E-state index in [0.29, 0.717) is 6.29 Å². The maximum absolute atomic E-state index is 12.3. The number of esters is 1. The Morgan fingerprint density at radius 2 is 1.93 bits per heavy atom. The fourth-order valence-electron chi connectivity index (χ4n) is 2.18. The molecule has 0 aliphatic heterocycles. The number of methoxy groups -OCH3 is 1. The second kappa shape index (κ2) is 12.5. The van der Waals surface area contributed by atoms with E-state index in [4.69, 9.17) is 5.53 Å². The number of hydrogen-bond donors (Lipinski definition) is 2. The van der Waals surface area contributed by atoms with Crippen LogP contribution in [-0.4, -0.2) is 56.0 Å². The minimum absolute atomic E-state index is 0.0246. The molecule has 0 unspecified atom stereocenters. The van der Waals surface area contributed by atoms with Gasteiger partial charge < -0.3 is 20.2 Å². The third-order valence-corrected chi connectivity index (χ3v) is 3.72. The van der Waals surface area contributed by atoms with Crippen LogP contribution in [0.25, 0.3) is 10.4 Å². The summed E-state index contributed by atoms with van der Waals surface area (Å²) in [6, 6.07) is -2.55. The van der Waals surface area contributed by atoms with Crippen LogP contribution in [0.2, 0.25) is 0 Å². The highest BCUT2D eigenvalue weighted by atomic mass is 19.4. The van der Waals surface area contributed by atoms with Crippen LogP contribution in [0.5, 0.6) is 0 Å². The molecule has 0 aromatic rings. The Morgan fingerprint density at radius 1 is 1.29 bits per heavy atom.